The fourth-order valence-corrected chi connectivity index (χ4v) is 4.03. The van der Waals surface area contributed by atoms with Crippen molar-refractivity contribution < 1.29 is 19.1 Å². The molecule has 0 aliphatic rings. The van der Waals surface area contributed by atoms with Crippen LogP contribution in [0, 0.1) is 6.92 Å². The summed E-state index contributed by atoms with van der Waals surface area (Å²) < 4.78 is 10.5. The lowest BCUT2D eigenvalue weighted by Gasteiger charge is -2.07. The average molecular weight is 475 g/mol. The molecule has 0 aromatic heterocycles. The summed E-state index contributed by atoms with van der Waals surface area (Å²) in [7, 11) is 0. The summed E-state index contributed by atoms with van der Waals surface area (Å²) in [5.74, 6) is -0.673. The first-order valence-corrected chi connectivity index (χ1v) is 14.0. The van der Waals surface area contributed by atoms with E-state index >= 15 is 0 Å². The summed E-state index contributed by atoms with van der Waals surface area (Å²) in [6.45, 7) is 4.99. The Kier molecular flexibility index (Phi) is 19.2. The molecule has 0 N–H and O–H groups in total. The van der Waals surface area contributed by atoms with Gasteiger partial charge in [-0.15, -0.1) is 0 Å². The molecule has 0 bridgehead atoms. The Hall–Kier alpha value is -1.84. The van der Waals surface area contributed by atoms with Gasteiger partial charge in [-0.3, -0.25) is 9.59 Å². The summed E-state index contributed by atoms with van der Waals surface area (Å²) in [4.78, 5) is 23.6. The van der Waals surface area contributed by atoms with Gasteiger partial charge in [0.1, 0.15) is 6.61 Å². The number of hydrogen-bond acceptors (Lipinski definition) is 4. The van der Waals surface area contributed by atoms with Crippen LogP contribution in [0.1, 0.15) is 134 Å². The zero-order valence-corrected chi connectivity index (χ0v) is 22.1. The number of rotatable bonds is 22. The zero-order chi connectivity index (χ0) is 24.7. The molecule has 0 aliphatic heterocycles. The predicted molar refractivity (Wildman–Crippen MR) is 141 cm³/mol. The Labute approximate surface area is 209 Å². The number of hydrogen-bond donors (Lipinski definition) is 0. The van der Waals surface area contributed by atoms with Crippen molar-refractivity contribution in [3.05, 3.63) is 35.4 Å². The third kappa shape index (κ3) is 18.6. The van der Waals surface area contributed by atoms with Crippen molar-refractivity contribution in [1.29, 1.82) is 0 Å². The van der Waals surface area contributed by atoms with Crippen molar-refractivity contribution >= 4 is 11.9 Å². The molecule has 0 atom stereocenters. The summed E-state index contributed by atoms with van der Waals surface area (Å²) in [5.41, 5.74) is 2.12. The van der Waals surface area contributed by atoms with E-state index in [1.54, 1.807) is 0 Å². The fraction of sp³-hybridized carbons (Fsp3) is 0.733. The van der Waals surface area contributed by atoms with Crippen LogP contribution in [-0.2, 0) is 25.7 Å². The van der Waals surface area contributed by atoms with E-state index in [0.29, 0.717) is 6.61 Å². The number of esters is 2. The van der Waals surface area contributed by atoms with Crippen molar-refractivity contribution in [2.45, 2.75) is 136 Å². The Bertz CT molecular complexity index is 623. The number of aryl methyl sites for hydroxylation is 1. The summed E-state index contributed by atoms with van der Waals surface area (Å²) in [5, 5.41) is 0. The van der Waals surface area contributed by atoms with Crippen LogP contribution in [0.4, 0.5) is 0 Å². The molecule has 0 aliphatic carbocycles. The lowest BCUT2D eigenvalue weighted by molar-refractivity contribution is -0.151. The Balaban J connectivity index is 1.81. The predicted octanol–water partition coefficient (Wildman–Crippen LogP) is 8.62. The number of carbonyl (C=O) groups is 2. The number of unbranched alkanes of at least 4 members (excludes halogenated alkanes) is 15. The molecule has 4 nitrogen and oxygen atoms in total. The van der Waals surface area contributed by atoms with Crippen LogP contribution < -0.4 is 0 Å². The molecule has 0 saturated carbocycles. The topological polar surface area (TPSA) is 52.6 Å². The van der Waals surface area contributed by atoms with Crippen LogP contribution >= 0.6 is 0 Å². The highest BCUT2D eigenvalue weighted by molar-refractivity contribution is 5.77. The molecule has 0 amide bonds. The highest BCUT2D eigenvalue weighted by Crippen LogP contribution is 2.14. The Morgan fingerprint density at radius 3 is 1.47 bits per heavy atom. The lowest BCUT2D eigenvalue weighted by atomic mass is 10.0. The molecule has 0 fully saturated rings. The van der Waals surface area contributed by atoms with Gasteiger partial charge in [0, 0.05) is 0 Å². The second-order valence-electron chi connectivity index (χ2n) is 9.67. The first kappa shape index (κ1) is 30.2. The van der Waals surface area contributed by atoms with Crippen LogP contribution in [-0.4, -0.2) is 18.5 Å². The fourth-order valence-electron chi connectivity index (χ4n) is 4.03. The quantitative estimate of drug-likeness (QED) is 0.125. The van der Waals surface area contributed by atoms with Crippen LogP contribution in [0.2, 0.25) is 0 Å². The van der Waals surface area contributed by atoms with Gasteiger partial charge in [0.15, 0.2) is 0 Å². The second kappa shape index (κ2) is 21.7. The van der Waals surface area contributed by atoms with Gasteiger partial charge in [0.25, 0.3) is 0 Å². The third-order valence-corrected chi connectivity index (χ3v) is 6.31. The Morgan fingerprint density at radius 1 is 0.588 bits per heavy atom. The van der Waals surface area contributed by atoms with Crippen molar-refractivity contribution in [3.63, 3.8) is 0 Å². The van der Waals surface area contributed by atoms with Crippen molar-refractivity contribution in [2.24, 2.45) is 0 Å². The molecule has 0 unspecified atom stereocenters. The molecule has 4 heteroatoms. The van der Waals surface area contributed by atoms with Gasteiger partial charge in [-0.1, -0.05) is 133 Å². The molecule has 0 heterocycles. The smallest absolute Gasteiger partial charge is 0.306 e. The van der Waals surface area contributed by atoms with E-state index in [1.165, 1.54) is 95.5 Å². The molecule has 0 spiro atoms. The molecule has 1 aromatic carbocycles. The highest BCUT2D eigenvalue weighted by atomic mass is 16.5. The van der Waals surface area contributed by atoms with E-state index in [0.717, 1.165) is 18.4 Å². The molecular weight excluding hydrogens is 424 g/mol. The number of benzene rings is 1. The largest absolute Gasteiger partial charge is 0.466 e. The van der Waals surface area contributed by atoms with E-state index < -0.39 is 0 Å². The molecule has 34 heavy (non-hydrogen) atoms. The molecular formula is C30H50O4. The standard InChI is InChI=1S/C30H50O4/c1-3-4-5-6-7-8-9-10-11-12-13-14-15-16-17-18-25-33-29(31)23-24-30(32)34-26-28-21-19-27(2)20-22-28/h19-22H,3-18,23-26H2,1-2H3. The Morgan fingerprint density at radius 2 is 1.00 bits per heavy atom. The maximum Gasteiger partial charge on any atom is 0.306 e. The van der Waals surface area contributed by atoms with Gasteiger partial charge in [-0.25, -0.2) is 0 Å². The van der Waals surface area contributed by atoms with Gasteiger partial charge in [0.2, 0.25) is 0 Å². The molecule has 0 radical (unpaired) electrons. The van der Waals surface area contributed by atoms with Crippen LogP contribution in [0.5, 0.6) is 0 Å². The minimum Gasteiger partial charge on any atom is -0.466 e. The van der Waals surface area contributed by atoms with Crippen molar-refractivity contribution in [1.82, 2.24) is 0 Å². The van der Waals surface area contributed by atoms with E-state index in [4.69, 9.17) is 9.47 Å². The van der Waals surface area contributed by atoms with Crippen molar-refractivity contribution in [2.75, 3.05) is 6.61 Å². The van der Waals surface area contributed by atoms with Gasteiger partial charge in [0.05, 0.1) is 19.4 Å². The van der Waals surface area contributed by atoms with Crippen LogP contribution in [0.3, 0.4) is 0 Å². The summed E-state index contributed by atoms with van der Waals surface area (Å²) in [6, 6.07) is 7.85. The summed E-state index contributed by atoms with van der Waals surface area (Å²) >= 11 is 0. The van der Waals surface area contributed by atoms with E-state index in [-0.39, 0.29) is 31.4 Å². The first-order valence-electron chi connectivity index (χ1n) is 14.0. The van der Waals surface area contributed by atoms with Crippen molar-refractivity contribution in [3.8, 4) is 0 Å². The molecule has 0 saturated heterocycles. The molecule has 1 rings (SSSR count). The zero-order valence-electron chi connectivity index (χ0n) is 22.1. The SMILES string of the molecule is CCCCCCCCCCCCCCCCCCOC(=O)CCC(=O)OCc1ccc(C)cc1. The van der Waals surface area contributed by atoms with E-state index in [1.807, 2.05) is 31.2 Å². The van der Waals surface area contributed by atoms with Gasteiger partial charge >= 0.3 is 11.9 Å². The average Bonchev–Trinajstić information content (AvgIpc) is 2.84. The second-order valence-corrected chi connectivity index (χ2v) is 9.67. The van der Waals surface area contributed by atoms with E-state index in [2.05, 4.69) is 6.92 Å². The van der Waals surface area contributed by atoms with Gasteiger partial charge in [-0.05, 0) is 18.9 Å². The normalized spacial score (nSPS) is 10.9. The van der Waals surface area contributed by atoms with Crippen LogP contribution in [0.15, 0.2) is 24.3 Å². The maximum absolute atomic E-state index is 11.8. The maximum atomic E-state index is 11.8. The number of ether oxygens (including phenoxy) is 2. The lowest BCUT2D eigenvalue weighted by Crippen LogP contribution is -2.11. The van der Waals surface area contributed by atoms with E-state index in [9.17, 15) is 9.59 Å². The minimum absolute atomic E-state index is 0.0731. The van der Waals surface area contributed by atoms with Gasteiger partial charge < -0.3 is 9.47 Å². The monoisotopic (exact) mass is 474 g/mol. The summed E-state index contributed by atoms with van der Waals surface area (Å²) in [6.07, 6.45) is 21.4. The molecule has 194 valence electrons. The number of carbonyl (C=O) groups excluding carboxylic acids is 2. The van der Waals surface area contributed by atoms with Gasteiger partial charge in [-0.2, -0.15) is 0 Å². The third-order valence-electron chi connectivity index (χ3n) is 6.31. The van der Waals surface area contributed by atoms with Crippen LogP contribution in [0.25, 0.3) is 0 Å². The minimum atomic E-state index is -0.361. The first-order chi connectivity index (χ1) is 16.6. The highest BCUT2D eigenvalue weighted by Gasteiger charge is 2.09. The molecule has 1 aromatic rings.